The third-order valence-corrected chi connectivity index (χ3v) is 3.18. The molecule has 3 heteroatoms. The van der Waals surface area contributed by atoms with E-state index in [1.165, 1.54) is 0 Å². The Morgan fingerprint density at radius 1 is 1.00 bits per heavy atom. The topological polar surface area (TPSA) is 38.7 Å². The Hall–Kier alpha value is -2.00. The Kier molecular flexibility index (Phi) is 5.64. The number of rotatable bonds is 7. The van der Waals surface area contributed by atoms with Gasteiger partial charge in [0, 0.05) is 12.0 Å². The lowest BCUT2D eigenvalue weighted by atomic mass is 10.1. The first-order chi connectivity index (χ1) is 10.2. The van der Waals surface area contributed by atoms with Crippen molar-refractivity contribution < 1.29 is 14.6 Å². The molecule has 112 valence electrons. The summed E-state index contributed by atoms with van der Waals surface area (Å²) in [5.74, 6) is 1.63. The van der Waals surface area contributed by atoms with Crippen LogP contribution in [0.1, 0.15) is 30.6 Å². The fraction of sp³-hybridized carbons (Fsp3) is 0.333. The fourth-order valence-electron chi connectivity index (χ4n) is 2.06. The Morgan fingerprint density at radius 2 is 1.71 bits per heavy atom. The summed E-state index contributed by atoms with van der Waals surface area (Å²) >= 11 is 0. The number of aliphatic hydroxyl groups excluding tert-OH is 1. The molecular formula is C18H22O3. The largest absolute Gasteiger partial charge is 0.493 e. The smallest absolute Gasteiger partial charge is 0.125 e. The first-order valence-corrected chi connectivity index (χ1v) is 7.26. The molecule has 2 rings (SSSR count). The Balaban J connectivity index is 1.79. The van der Waals surface area contributed by atoms with Crippen LogP contribution in [0.3, 0.4) is 0 Å². The van der Waals surface area contributed by atoms with Gasteiger partial charge in [-0.2, -0.15) is 0 Å². The Morgan fingerprint density at radius 3 is 2.43 bits per heavy atom. The van der Waals surface area contributed by atoms with Crippen molar-refractivity contribution in [3.63, 3.8) is 0 Å². The number of para-hydroxylation sites is 1. The van der Waals surface area contributed by atoms with Crippen LogP contribution in [0.2, 0.25) is 0 Å². The van der Waals surface area contributed by atoms with E-state index in [1.54, 1.807) is 6.92 Å². The van der Waals surface area contributed by atoms with Gasteiger partial charge in [0.2, 0.25) is 0 Å². The van der Waals surface area contributed by atoms with Gasteiger partial charge in [0.15, 0.2) is 0 Å². The molecule has 0 heterocycles. The second-order valence-corrected chi connectivity index (χ2v) is 5.08. The number of ether oxygens (including phenoxy) is 2. The van der Waals surface area contributed by atoms with E-state index >= 15 is 0 Å². The lowest BCUT2D eigenvalue weighted by molar-refractivity contribution is 0.188. The Labute approximate surface area is 126 Å². The SMILES string of the molecule is Cc1ccc([C@H](C)O)c(OCCCOc2ccccc2)c1. The lowest BCUT2D eigenvalue weighted by Crippen LogP contribution is -2.07. The van der Waals surface area contributed by atoms with Crippen LogP contribution in [0.5, 0.6) is 11.5 Å². The second kappa shape index (κ2) is 7.70. The first-order valence-electron chi connectivity index (χ1n) is 7.26. The Bertz CT molecular complexity index is 550. The summed E-state index contributed by atoms with van der Waals surface area (Å²) in [6.07, 6.45) is 0.267. The van der Waals surface area contributed by atoms with Gasteiger partial charge in [-0.15, -0.1) is 0 Å². The van der Waals surface area contributed by atoms with Gasteiger partial charge in [0.05, 0.1) is 19.3 Å². The van der Waals surface area contributed by atoms with Gasteiger partial charge in [-0.1, -0.05) is 30.3 Å². The van der Waals surface area contributed by atoms with E-state index in [2.05, 4.69) is 0 Å². The predicted octanol–water partition coefficient (Wildman–Crippen LogP) is 3.90. The van der Waals surface area contributed by atoms with E-state index in [-0.39, 0.29) is 0 Å². The lowest BCUT2D eigenvalue weighted by Gasteiger charge is -2.14. The molecule has 0 bridgehead atoms. The van der Waals surface area contributed by atoms with Crippen molar-refractivity contribution in [1.82, 2.24) is 0 Å². The van der Waals surface area contributed by atoms with E-state index in [0.717, 1.165) is 29.0 Å². The number of aryl methyl sites for hydroxylation is 1. The quantitative estimate of drug-likeness (QED) is 0.785. The molecule has 0 spiro atoms. The fourth-order valence-corrected chi connectivity index (χ4v) is 2.06. The number of benzene rings is 2. The molecule has 3 nitrogen and oxygen atoms in total. The van der Waals surface area contributed by atoms with Gasteiger partial charge in [0.1, 0.15) is 11.5 Å². The highest BCUT2D eigenvalue weighted by atomic mass is 16.5. The molecule has 0 unspecified atom stereocenters. The molecule has 0 amide bonds. The van der Waals surface area contributed by atoms with Crippen molar-refractivity contribution in [3.05, 3.63) is 59.7 Å². The van der Waals surface area contributed by atoms with Crippen molar-refractivity contribution >= 4 is 0 Å². The molecule has 0 saturated carbocycles. The molecular weight excluding hydrogens is 264 g/mol. The normalized spacial score (nSPS) is 12.0. The van der Waals surface area contributed by atoms with Gasteiger partial charge in [0.25, 0.3) is 0 Å². The van der Waals surface area contributed by atoms with Gasteiger partial charge < -0.3 is 14.6 Å². The summed E-state index contributed by atoms with van der Waals surface area (Å²) in [4.78, 5) is 0. The molecule has 0 fully saturated rings. The average molecular weight is 286 g/mol. The summed E-state index contributed by atoms with van der Waals surface area (Å²) in [7, 11) is 0. The minimum atomic E-state index is -0.527. The number of aliphatic hydroxyl groups is 1. The molecule has 0 aliphatic carbocycles. The maximum atomic E-state index is 9.74. The average Bonchev–Trinajstić information content (AvgIpc) is 2.48. The van der Waals surface area contributed by atoms with E-state index in [0.29, 0.717) is 13.2 Å². The van der Waals surface area contributed by atoms with E-state index in [1.807, 2.05) is 55.5 Å². The van der Waals surface area contributed by atoms with Crippen LogP contribution >= 0.6 is 0 Å². The third-order valence-electron chi connectivity index (χ3n) is 3.18. The highest BCUT2D eigenvalue weighted by Crippen LogP contribution is 2.26. The van der Waals surface area contributed by atoms with Gasteiger partial charge >= 0.3 is 0 Å². The summed E-state index contributed by atoms with van der Waals surface area (Å²) in [5, 5.41) is 9.74. The van der Waals surface area contributed by atoms with Crippen molar-refractivity contribution in [2.24, 2.45) is 0 Å². The minimum Gasteiger partial charge on any atom is -0.493 e. The van der Waals surface area contributed by atoms with Crippen LogP contribution in [-0.2, 0) is 0 Å². The van der Waals surface area contributed by atoms with Crippen LogP contribution in [0, 0.1) is 6.92 Å². The van der Waals surface area contributed by atoms with E-state index < -0.39 is 6.10 Å². The van der Waals surface area contributed by atoms with Gasteiger partial charge in [-0.3, -0.25) is 0 Å². The van der Waals surface area contributed by atoms with Crippen molar-refractivity contribution in [2.45, 2.75) is 26.4 Å². The molecule has 0 radical (unpaired) electrons. The first kappa shape index (κ1) is 15.4. The molecule has 0 aromatic heterocycles. The summed E-state index contributed by atoms with van der Waals surface area (Å²) in [6, 6.07) is 15.6. The van der Waals surface area contributed by atoms with Crippen molar-refractivity contribution in [2.75, 3.05) is 13.2 Å². The van der Waals surface area contributed by atoms with Crippen LogP contribution in [-0.4, -0.2) is 18.3 Å². The monoisotopic (exact) mass is 286 g/mol. The van der Waals surface area contributed by atoms with Crippen LogP contribution in [0.4, 0.5) is 0 Å². The van der Waals surface area contributed by atoms with Crippen molar-refractivity contribution in [1.29, 1.82) is 0 Å². The zero-order valence-corrected chi connectivity index (χ0v) is 12.6. The maximum Gasteiger partial charge on any atom is 0.125 e. The zero-order chi connectivity index (χ0) is 15.1. The highest BCUT2D eigenvalue weighted by Gasteiger charge is 2.09. The van der Waals surface area contributed by atoms with E-state index in [4.69, 9.17) is 9.47 Å². The maximum absolute atomic E-state index is 9.74. The molecule has 0 aliphatic heterocycles. The molecule has 2 aromatic carbocycles. The highest BCUT2D eigenvalue weighted by molar-refractivity contribution is 5.38. The predicted molar refractivity (Wildman–Crippen MR) is 83.9 cm³/mol. The molecule has 2 aromatic rings. The van der Waals surface area contributed by atoms with Gasteiger partial charge in [-0.25, -0.2) is 0 Å². The van der Waals surface area contributed by atoms with Crippen LogP contribution < -0.4 is 9.47 Å². The zero-order valence-electron chi connectivity index (χ0n) is 12.6. The summed E-state index contributed by atoms with van der Waals surface area (Å²) in [5.41, 5.74) is 1.94. The minimum absolute atomic E-state index is 0.527. The molecule has 0 saturated heterocycles. The molecule has 1 N–H and O–H groups in total. The molecule has 0 aliphatic rings. The van der Waals surface area contributed by atoms with Crippen LogP contribution in [0.25, 0.3) is 0 Å². The second-order valence-electron chi connectivity index (χ2n) is 5.08. The molecule has 1 atom stereocenters. The standard InChI is InChI=1S/C18H22O3/c1-14-9-10-17(15(2)19)18(13-14)21-12-6-11-20-16-7-4-3-5-8-16/h3-5,7-10,13,15,19H,6,11-12H2,1-2H3/t15-/m0/s1. The van der Waals surface area contributed by atoms with E-state index in [9.17, 15) is 5.11 Å². The summed E-state index contributed by atoms with van der Waals surface area (Å²) in [6.45, 7) is 4.93. The van der Waals surface area contributed by atoms with Crippen LogP contribution in [0.15, 0.2) is 48.5 Å². The molecule has 21 heavy (non-hydrogen) atoms. The summed E-state index contributed by atoms with van der Waals surface area (Å²) < 4.78 is 11.4. The third kappa shape index (κ3) is 4.80. The number of hydrogen-bond donors (Lipinski definition) is 1. The van der Waals surface area contributed by atoms with Gasteiger partial charge in [-0.05, 0) is 37.6 Å². The van der Waals surface area contributed by atoms with Crippen molar-refractivity contribution in [3.8, 4) is 11.5 Å². The number of hydrogen-bond acceptors (Lipinski definition) is 3.